The molecule has 23 heavy (non-hydrogen) atoms. The van der Waals surface area contributed by atoms with Crippen molar-refractivity contribution in [1.82, 2.24) is 0 Å². The first-order valence-corrected chi connectivity index (χ1v) is 7.02. The second kappa shape index (κ2) is 7.02. The molecule has 0 spiro atoms. The molecule has 118 valence electrons. The minimum absolute atomic E-state index is 0.137. The number of carboxylic acids is 1. The molecule has 0 saturated heterocycles. The number of hydrogen-bond acceptors (Lipinski definition) is 4. The molecule has 0 aliphatic carbocycles. The molecular formula is C16H12ClNO5. The lowest BCUT2D eigenvalue weighted by atomic mass is 9.91. The van der Waals surface area contributed by atoms with Gasteiger partial charge in [0.15, 0.2) is 5.78 Å². The highest BCUT2D eigenvalue weighted by Gasteiger charge is 2.24. The Kier molecular flexibility index (Phi) is 5.08. The third kappa shape index (κ3) is 4.14. The van der Waals surface area contributed by atoms with Crippen LogP contribution in [0.5, 0.6) is 0 Å². The Balaban J connectivity index is 2.21. The highest BCUT2D eigenvalue weighted by atomic mass is 35.5. The quantitative estimate of drug-likeness (QED) is 0.494. The van der Waals surface area contributed by atoms with Crippen LogP contribution >= 0.6 is 11.6 Å². The molecule has 1 N–H and O–H groups in total. The topological polar surface area (TPSA) is 97.5 Å². The Morgan fingerprint density at radius 2 is 1.65 bits per heavy atom. The first-order chi connectivity index (χ1) is 10.9. The summed E-state index contributed by atoms with van der Waals surface area (Å²) in [7, 11) is 0. The molecule has 0 aliphatic heterocycles. The summed E-state index contributed by atoms with van der Waals surface area (Å²) >= 11 is 5.75. The number of aliphatic carboxylic acids is 1. The monoisotopic (exact) mass is 333 g/mol. The van der Waals surface area contributed by atoms with Crippen molar-refractivity contribution in [2.75, 3.05) is 0 Å². The van der Waals surface area contributed by atoms with Crippen molar-refractivity contribution >= 4 is 29.0 Å². The number of nitro groups is 1. The van der Waals surface area contributed by atoms with Crippen LogP contribution in [0.25, 0.3) is 0 Å². The highest BCUT2D eigenvalue weighted by Crippen LogP contribution is 2.25. The van der Waals surface area contributed by atoms with E-state index in [0.717, 1.165) is 0 Å². The Labute approximate surface area is 136 Å². The summed E-state index contributed by atoms with van der Waals surface area (Å²) in [6, 6.07) is 11.3. The van der Waals surface area contributed by atoms with Gasteiger partial charge in [0.25, 0.3) is 5.69 Å². The minimum Gasteiger partial charge on any atom is -0.481 e. The van der Waals surface area contributed by atoms with Gasteiger partial charge in [-0.15, -0.1) is 0 Å². The van der Waals surface area contributed by atoms with Crippen molar-refractivity contribution in [2.45, 2.75) is 12.3 Å². The maximum atomic E-state index is 12.2. The van der Waals surface area contributed by atoms with E-state index in [2.05, 4.69) is 0 Å². The van der Waals surface area contributed by atoms with Gasteiger partial charge in [0.05, 0.1) is 10.8 Å². The number of halogens is 1. The van der Waals surface area contributed by atoms with Gasteiger partial charge in [-0.3, -0.25) is 19.7 Å². The minimum atomic E-state index is -1.17. The number of carbonyl (C=O) groups excluding carboxylic acids is 1. The summed E-state index contributed by atoms with van der Waals surface area (Å²) in [5.41, 5.74) is 0.565. The van der Waals surface area contributed by atoms with Crippen LogP contribution in [-0.4, -0.2) is 21.8 Å². The second-order valence-corrected chi connectivity index (χ2v) is 5.31. The van der Waals surface area contributed by atoms with E-state index in [0.29, 0.717) is 16.1 Å². The Bertz CT molecular complexity index is 740. The normalized spacial score (nSPS) is 11.7. The lowest BCUT2D eigenvalue weighted by molar-refractivity contribution is -0.384. The smallest absolute Gasteiger partial charge is 0.311 e. The van der Waals surface area contributed by atoms with Crippen LogP contribution in [0.4, 0.5) is 5.69 Å². The van der Waals surface area contributed by atoms with Gasteiger partial charge in [0, 0.05) is 29.1 Å². The fourth-order valence-electron chi connectivity index (χ4n) is 2.12. The first-order valence-electron chi connectivity index (χ1n) is 6.64. The number of non-ortho nitro benzene ring substituents is 1. The summed E-state index contributed by atoms with van der Waals surface area (Å²) in [4.78, 5) is 33.7. The van der Waals surface area contributed by atoms with Crippen molar-refractivity contribution in [1.29, 1.82) is 0 Å². The van der Waals surface area contributed by atoms with Gasteiger partial charge >= 0.3 is 5.97 Å². The molecule has 0 amide bonds. The van der Waals surface area contributed by atoms with Crippen LogP contribution in [0.15, 0.2) is 48.5 Å². The van der Waals surface area contributed by atoms with Crippen LogP contribution < -0.4 is 0 Å². The van der Waals surface area contributed by atoms with Crippen molar-refractivity contribution in [2.24, 2.45) is 0 Å². The highest BCUT2D eigenvalue weighted by molar-refractivity contribution is 6.30. The molecule has 2 rings (SSSR count). The molecule has 0 bridgehead atoms. The molecule has 1 unspecified atom stereocenters. The summed E-state index contributed by atoms with van der Waals surface area (Å²) in [5, 5.41) is 20.4. The SMILES string of the molecule is O=C(CC(C(=O)O)c1ccc([N+](=O)[O-])cc1)c1ccc(Cl)cc1. The maximum absolute atomic E-state index is 12.2. The van der Waals surface area contributed by atoms with Gasteiger partial charge < -0.3 is 5.11 Å². The van der Waals surface area contributed by atoms with Crippen molar-refractivity contribution in [3.63, 3.8) is 0 Å². The van der Waals surface area contributed by atoms with E-state index in [9.17, 15) is 24.8 Å². The van der Waals surface area contributed by atoms with E-state index >= 15 is 0 Å². The number of carboxylic acid groups (broad SMARTS) is 1. The molecule has 1 atom stereocenters. The van der Waals surface area contributed by atoms with E-state index in [4.69, 9.17) is 11.6 Å². The number of Topliss-reactive ketones (excluding diaryl/α,β-unsaturated/α-hetero) is 1. The lowest BCUT2D eigenvalue weighted by Crippen LogP contribution is -2.16. The summed E-state index contributed by atoms with van der Waals surface area (Å²) in [6.45, 7) is 0. The zero-order valence-corrected chi connectivity index (χ0v) is 12.6. The molecule has 2 aromatic rings. The second-order valence-electron chi connectivity index (χ2n) is 4.87. The van der Waals surface area contributed by atoms with Crippen LogP contribution in [0.2, 0.25) is 5.02 Å². The summed E-state index contributed by atoms with van der Waals surface area (Å²) in [6.07, 6.45) is -0.241. The van der Waals surface area contributed by atoms with Gasteiger partial charge in [0.1, 0.15) is 0 Å². The average molecular weight is 334 g/mol. The average Bonchev–Trinajstić information content (AvgIpc) is 2.53. The molecule has 0 radical (unpaired) electrons. The van der Waals surface area contributed by atoms with E-state index in [1.807, 2.05) is 0 Å². The fraction of sp³-hybridized carbons (Fsp3) is 0.125. The van der Waals surface area contributed by atoms with Gasteiger partial charge in [0.2, 0.25) is 0 Å². The Morgan fingerprint density at radius 3 is 2.13 bits per heavy atom. The number of benzene rings is 2. The van der Waals surface area contributed by atoms with Gasteiger partial charge in [-0.25, -0.2) is 0 Å². The van der Waals surface area contributed by atoms with Gasteiger partial charge in [-0.2, -0.15) is 0 Å². The standard InChI is InChI=1S/C16H12ClNO5/c17-12-5-1-11(2-6-12)15(19)9-14(16(20)21)10-3-7-13(8-4-10)18(22)23/h1-8,14H,9H2,(H,20,21). The number of rotatable bonds is 6. The van der Waals surface area contributed by atoms with Crippen LogP contribution in [0.1, 0.15) is 28.3 Å². The maximum Gasteiger partial charge on any atom is 0.311 e. The van der Waals surface area contributed by atoms with Crippen LogP contribution in [0, 0.1) is 10.1 Å². The Hall–Kier alpha value is -2.73. The molecule has 0 heterocycles. The van der Waals surface area contributed by atoms with Gasteiger partial charge in [-0.1, -0.05) is 23.7 Å². The molecule has 2 aromatic carbocycles. The number of carbonyl (C=O) groups is 2. The summed E-state index contributed by atoms with van der Waals surface area (Å²) in [5.74, 6) is -2.58. The molecule has 7 heteroatoms. The third-order valence-corrected chi connectivity index (χ3v) is 3.61. The van der Waals surface area contributed by atoms with Crippen molar-refractivity contribution < 1.29 is 19.6 Å². The zero-order valence-electron chi connectivity index (χ0n) is 11.8. The number of nitrogens with zero attached hydrogens (tertiary/aromatic N) is 1. The van der Waals surface area contributed by atoms with E-state index in [1.54, 1.807) is 12.1 Å². The molecule has 0 aliphatic rings. The van der Waals surface area contributed by atoms with E-state index < -0.39 is 16.8 Å². The molecule has 0 fully saturated rings. The Morgan fingerprint density at radius 1 is 1.09 bits per heavy atom. The first kappa shape index (κ1) is 16.6. The van der Waals surface area contributed by atoms with E-state index in [1.165, 1.54) is 36.4 Å². The van der Waals surface area contributed by atoms with Crippen LogP contribution in [-0.2, 0) is 4.79 Å². The molecule has 0 aromatic heterocycles. The van der Waals surface area contributed by atoms with Crippen molar-refractivity contribution in [3.8, 4) is 0 Å². The predicted molar refractivity (Wildman–Crippen MR) is 83.9 cm³/mol. The molecular weight excluding hydrogens is 322 g/mol. The van der Waals surface area contributed by atoms with Crippen molar-refractivity contribution in [3.05, 3.63) is 74.8 Å². The molecule has 0 saturated carbocycles. The van der Waals surface area contributed by atoms with Gasteiger partial charge in [-0.05, 0) is 29.8 Å². The molecule has 6 nitrogen and oxygen atoms in total. The third-order valence-electron chi connectivity index (χ3n) is 3.36. The number of hydrogen-bond donors (Lipinski definition) is 1. The number of nitro benzene ring substituents is 1. The van der Waals surface area contributed by atoms with Crippen LogP contribution in [0.3, 0.4) is 0 Å². The largest absolute Gasteiger partial charge is 0.481 e. The fourth-order valence-corrected chi connectivity index (χ4v) is 2.24. The number of ketones is 1. The predicted octanol–water partition coefficient (Wildman–Crippen LogP) is 3.69. The van der Waals surface area contributed by atoms with E-state index in [-0.39, 0.29) is 17.9 Å². The lowest BCUT2D eigenvalue weighted by Gasteiger charge is -2.12. The summed E-state index contributed by atoms with van der Waals surface area (Å²) < 4.78 is 0. The zero-order chi connectivity index (χ0) is 17.0.